The summed E-state index contributed by atoms with van der Waals surface area (Å²) in [6, 6.07) is 6.14. The van der Waals surface area contributed by atoms with E-state index in [1.54, 1.807) is 11.3 Å². The Hall–Kier alpha value is -0.280. The molecule has 0 amide bonds. The second-order valence-corrected chi connectivity index (χ2v) is 5.21. The summed E-state index contributed by atoms with van der Waals surface area (Å²) in [6.45, 7) is 7.60. The monoisotopic (exact) mass is 289 g/mol. The highest BCUT2D eigenvalue weighted by molar-refractivity contribution is 7.17. The van der Waals surface area contributed by atoms with E-state index >= 15 is 0 Å². The third-order valence-corrected chi connectivity index (χ3v) is 4.15. The number of halogens is 2. The van der Waals surface area contributed by atoms with E-state index in [1.165, 1.54) is 15.6 Å². The van der Waals surface area contributed by atoms with Gasteiger partial charge in [0.1, 0.15) is 0 Å². The quantitative estimate of drug-likeness (QED) is 0.780. The maximum absolute atomic E-state index is 6.04. The second-order valence-electron chi connectivity index (χ2n) is 3.86. The summed E-state index contributed by atoms with van der Waals surface area (Å²) in [7, 11) is 0. The molecule has 0 bridgehead atoms. The fraction of sp³-hybridized carbons (Fsp3) is 0.385. The number of benzene rings is 1. The van der Waals surface area contributed by atoms with Crippen LogP contribution in [0.5, 0.6) is 0 Å². The maximum atomic E-state index is 6.04. The van der Waals surface area contributed by atoms with Gasteiger partial charge < -0.3 is 0 Å². The first-order valence-corrected chi connectivity index (χ1v) is 6.88. The number of rotatable bonds is 4. The number of thiophene rings is 1. The molecule has 0 N–H and O–H groups in total. The van der Waals surface area contributed by atoms with Crippen molar-refractivity contribution in [1.82, 2.24) is 4.90 Å². The van der Waals surface area contributed by atoms with Gasteiger partial charge in [-0.05, 0) is 47.6 Å². The van der Waals surface area contributed by atoms with Crippen LogP contribution in [0.15, 0.2) is 23.6 Å². The van der Waals surface area contributed by atoms with E-state index in [1.807, 2.05) is 6.07 Å². The Labute approximate surface area is 118 Å². The first kappa shape index (κ1) is 14.8. The lowest BCUT2D eigenvalue weighted by molar-refractivity contribution is 0.297. The zero-order chi connectivity index (χ0) is 11.5. The van der Waals surface area contributed by atoms with Crippen molar-refractivity contribution in [3.05, 3.63) is 34.2 Å². The molecule has 1 heterocycles. The average Bonchev–Trinajstić information content (AvgIpc) is 2.68. The smallest absolute Gasteiger partial charge is 0.0413 e. The van der Waals surface area contributed by atoms with Crippen molar-refractivity contribution in [3.8, 4) is 0 Å². The topological polar surface area (TPSA) is 3.24 Å². The summed E-state index contributed by atoms with van der Waals surface area (Å²) in [5, 5.41) is 4.38. The van der Waals surface area contributed by atoms with Crippen molar-refractivity contribution in [2.24, 2.45) is 0 Å². The van der Waals surface area contributed by atoms with Gasteiger partial charge in [-0.25, -0.2) is 0 Å². The first-order valence-electron chi connectivity index (χ1n) is 5.62. The van der Waals surface area contributed by atoms with Crippen LogP contribution in [-0.4, -0.2) is 18.0 Å². The molecule has 0 aliphatic heterocycles. The van der Waals surface area contributed by atoms with Crippen molar-refractivity contribution in [3.63, 3.8) is 0 Å². The van der Waals surface area contributed by atoms with Crippen LogP contribution in [0, 0.1) is 0 Å². The minimum atomic E-state index is 0. The molecule has 4 heteroatoms. The summed E-state index contributed by atoms with van der Waals surface area (Å²) in [5.74, 6) is 0. The number of hydrogen-bond acceptors (Lipinski definition) is 2. The molecule has 94 valence electrons. The molecule has 0 fully saturated rings. The predicted molar refractivity (Wildman–Crippen MR) is 80.7 cm³/mol. The van der Waals surface area contributed by atoms with Crippen LogP contribution in [0.3, 0.4) is 0 Å². The fourth-order valence-electron chi connectivity index (χ4n) is 1.86. The Balaban J connectivity index is 0.00000144. The van der Waals surface area contributed by atoms with Gasteiger partial charge in [0.15, 0.2) is 0 Å². The molecule has 0 aliphatic carbocycles. The van der Waals surface area contributed by atoms with Crippen molar-refractivity contribution < 1.29 is 0 Å². The van der Waals surface area contributed by atoms with Crippen molar-refractivity contribution in [1.29, 1.82) is 0 Å². The Bertz CT molecular complexity index is 477. The van der Waals surface area contributed by atoms with Gasteiger partial charge in [-0.1, -0.05) is 25.4 Å². The predicted octanol–water partition coefficient (Wildman–Crippen LogP) is 4.82. The molecule has 0 radical (unpaired) electrons. The molecule has 0 aliphatic rings. The molecule has 0 atom stereocenters. The summed E-state index contributed by atoms with van der Waals surface area (Å²) in [5.41, 5.74) is 1.39. The van der Waals surface area contributed by atoms with Gasteiger partial charge in [0.2, 0.25) is 0 Å². The first-order chi connectivity index (χ1) is 7.74. The lowest BCUT2D eigenvalue weighted by atomic mass is 10.1. The SMILES string of the molecule is CCN(CC)Cc1csc2ccc(Cl)cc12.Cl. The van der Waals surface area contributed by atoms with Gasteiger partial charge in [-0.2, -0.15) is 0 Å². The van der Waals surface area contributed by atoms with Crippen LogP contribution in [0.25, 0.3) is 10.1 Å². The molecule has 0 saturated carbocycles. The largest absolute Gasteiger partial charge is 0.300 e. The van der Waals surface area contributed by atoms with E-state index in [-0.39, 0.29) is 12.4 Å². The van der Waals surface area contributed by atoms with E-state index in [0.717, 1.165) is 24.7 Å². The highest BCUT2D eigenvalue weighted by Crippen LogP contribution is 2.29. The van der Waals surface area contributed by atoms with Gasteiger partial charge >= 0.3 is 0 Å². The standard InChI is InChI=1S/C13H16ClNS.ClH/c1-3-15(4-2)8-10-9-16-13-6-5-11(14)7-12(10)13;/h5-7,9H,3-4,8H2,1-2H3;1H. The van der Waals surface area contributed by atoms with Crippen LogP contribution >= 0.6 is 35.3 Å². The molecule has 1 aromatic heterocycles. The number of hydrogen-bond donors (Lipinski definition) is 0. The highest BCUT2D eigenvalue weighted by atomic mass is 35.5. The van der Waals surface area contributed by atoms with Gasteiger partial charge in [0, 0.05) is 16.3 Å². The Morgan fingerprint density at radius 3 is 2.59 bits per heavy atom. The summed E-state index contributed by atoms with van der Waals surface area (Å²) < 4.78 is 1.33. The maximum Gasteiger partial charge on any atom is 0.0413 e. The van der Waals surface area contributed by atoms with E-state index in [0.29, 0.717) is 0 Å². The molecule has 2 aromatic rings. The van der Waals surface area contributed by atoms with Gasteiger partial charge in [0.05, 0.1) is 0 Å². The summed E-state index contributed by atoms with van der Waals surface area (Å²) >= 11 is 7.84. The van der Waals surface area contributed by atoms with Crippen LogP contribution in [-0.2, 0) is 6.54 Å². The lowest BCUT2D eigenvalue weighted by Crippen LogP contribution is -2.21. The van der Waals surface area contributed by atoms with Gasteiger partial charge in [0.25, 0.3) is 0 Å². The molecule has 1 aromatic carbocycles. The molecular formula is C13H17Cl2NS. The number of fused-ring (bicyclic) bond motifs is 1. The third-order valence-electron chi connectivity index (χ3n) is 2.90. The minimum absolute atomic E-state index is 0. The Morgan fingerprint density at radius 2 is 1.94 bits per heavy atom. The van der Waals surface area contributed by atoms with Crippen LogP contribution in [0.4, 0.5) is 0 Å². The molecule has 0 spiro atoms. The lowest BCUT2D eigenvalue weighted by Gasteiger charge is -2.17. The normalized spacial score (nSPS) is 10.8. The summed E-state index contributed by atoms with van der Waals surface area (Å²) in [4.78, 5) is 2.42. The van der Waals surface area contributed by atoms with E-state index in [4.69, 9.17) is 11.6 Å². The van der Waals surface area contributed by atoms with Crippen molar-refractivity contribution in [2.75, 3.05) is 13.1 Å². The second kappa shape index (κ2) is 6.60. The Morgan fingerprint density at radius 1 is 1.24 bits per heavy atom. The molecule has 17 heavy (non-hydrogen) atoms. The summed E-state index contributed by atoms with van der Waals surface area (Å²) in [6.07, 6.45) is 0. The minimum Gasteiger partial charge on any atom is -0.300 e. The molecule has 2 rings (SSSR count). The Kier molecular flexibility index (Phi) is 5.74. The van der Waals surface area contributed by atoms with Crippen molar-refractivity contribution in [2.45, 2.75) is 20.4 Å². The zero-order valence-corrected chi connectivity index (χ0v) is 12.5. The third kappa shape index (κ3) is 3.35. The van der Waals surface area contributed by atoms with E-state index < -0.39 is 0 Å². The average molecular weight is 290 g/mol. The molecule has 1 nitrogen and oxygen atoms in total. The highest BCUT2D eigenvalue weighted by Gasteiger charge is 2.07. The van der Waals surface area contributed by atoms with Crippen LogP contribution < -0.4 is 0 Å². The van der Waals surface area contributed by atoms with Crippen LogP contribution in [0.2, 0.25) is 5.02 Å². The van der Waals surface area contributed by atoms with Crippen molar-refractivity contribution >= 4 is 45.4 Å². The van der Waals surface area contributed by atoms with E-state index in [2.05, 4.69) is 36.3 Å². The fourth-order valence-corrected chi connectivity index (χ4v) is 2.97. The molecular weight excluding hydrogens is 273 g/mol. The van der Waals surface area contributed by atoms with Crippen LogP contribution in [0.1, 0.15) is 19.4 Å². The van der Waals surface area contributed by atoms with Gasteiger partial charge in [-0.15, -0.1) is 23.7 Å². The number of nitrogens with zero attached hydrogens (tertiary/aromatic N) is 1. The molecule has 0 saturated heterocycles. The van der Waals surface area contributed by atoms with E-state index in [9.17, 15) is 0 Å². The zero-order valence-electron chi connectivity index (χ0n) is 10.1. The van der Waals surface area contributed by atoms with Gasteiger partial charge in [-0.3, -0.25) is 4.90 Å². The molecule has 0 unspecified atom stereocenters.